The van der Waals surface area contributed by atoms with Crippen LogP contribution < -0.4 is 21.5 Å². The van der Waals surface area contributed by atoms with Gasteiger partial charge in [-0.1, -0.05) is 6.07 Å². The molecule has 0 aromatic heterocycles. The Morgan fingerprint density at radius 3 is 2.71 bits per heavy atom. The van der Waals surface area contributed by atoms with Gasteiger partial charge in [-0.2, -0.15) is 0 Å². The van der Waals surface area contributed by atoms with Gasteiger partial charge in [0, 0.05) is 0 Å². The van der Waals surface area contributed by atoms with Crippen molar-refractivity contribution < 1.29 is 14.3 Å². The average Bonchev–Trinajstić information content (AvgIpc) is 2.29. The summed E-state index contributed by atoms with van der Waals surface area (Å²) in [7, 11) is 0. The molecule has 0 aliphatic carbocycles. The Labute approximate surface area is 98.9 Å². The van der Waals surface area contributed by atoms with Gasteiger partial charge in [0.15, 0.2) is 5.75 Å². The molecule has 6 heteroatoms. The van der Waals surface area contributed by atoms with Crippen molar-refractivity contribution in [1.29, 1.82) is 0 Å². The Hall–Kier alpha value is -2.24. The van der Waals surface area contributed by atoms with E-state index in [-0.39, 0.29) is 12.1 Å². The van der Waals surface area contributed by atoms with E-state index in [1.807, 2.05) is 0 Å². The van der Waals surface area contributed by atoms with Crippen LogP contribution in [-0.4, -0.2) is 25.0 Å². The first kappa shape index (κ1) is 12.8. The van der Waals surface area contributed by atoms with Gasteiger partial charge in [0.25, 0.3) is 5.91 Å². The molecule has 6 nitrogen and oxygen atoms in total. The number of hydrogen-bond acceptors (Lipinski definition) is 4. The molecule has 0 bridgehead atoms. The van der Waals surface area contributed by atoms with E-state index < -0.39 is 11.8 Å². The fourth-order valence-corrected chi connectivity index (χ4v) is 1.30. The Kier molecular flexibility index (Phi) is 4.33. The van der Waals surface area contributed by atoms with Crippen molar-refractivity contribution in [1.82, 2.24) is 5.32 Å². The molecule has 1 aromatic rings. The molecule has 0 atom stereocenters. The van der Waals surface area contributed by atoms with Crippen LogP contribution >= 0.6 is 0 Å². The minimum absolute atomic E-state index is 0.223. The zero-order valence-electron chi connectivity index (χ0n) is 9.53. The van der Waals surface area contributed by atoms with Crippen LogP contribution in [0.25, 0.3) is 0 Å². The Morgan fingerprint density at radius 1 is 1.41 bits per heavy atom. The van der Waals surface area contributed by atoms with Gasteiger partial charge in [-0.05, 0) is 19.1 Å². The maximum atomic E-state index is 11.7. The SMILES string of the molecule is CCOc1c(N)cccc1C(=O)NCC(N)=O. The first-order valence-corrected chi connectivity index (χ1v) is 5.14. The first-order chi connectivity index (χ1) is 8.06. The third kappa shape index (κ3) is 3.37. The van der Waals surface area contributed by atoms with E-state index in [1.165, 1.54) is 0 Å². The molecule has 0 aliphatic rings. The van der Waals surface area contributed by atoms with Crippen LogP contribution in [0.5, 0.6) is 5.75 Å². The molecule has 0 aliphatic heterocycles. The molecule has 1 rings (SSSR count). The van der Waals surface area contributed by atoms with Crippen LogP contribution in [0.1, 0.15) is 17.3 Å². The number of amides is 2. The minimum Gasteiger partial charge on any atom is -0.491 e. The summed E-state index contributed by atoms with van der Waals surface area (Å²) < 4.78 is 5.29. The average molecular weight is 237 g/mol. The topological polar surface area (TPSA) is 107 Å². The maximum Gasteiger partial charge on any atom is 0.255 e. The summed E-state index contributed by atoms with van der Waals surface area (Å²) in [4.78, 5) is 22.3. The quantitative estimate of drug-likeness (QED) is 0.620. The lowest BCUT2D eigenvalue weighted by atomic mass is 10.1. The molecule has 0 saturated heterocycles. The lowest BCUT2D eigenvalue weighted by molar-refractivity contribution is -0.117. The predicted octanol–water partition coefficient (Wildman–Crippen LogP) is -0.117. The Balaban J connectivity index is 2.92. The van der Waals surface area contributed by atoms with Gasteiger partial charge < -0.3 is 21.5 Å². The molecule has 5 N–H and O–H groups in total. The second kappa shape index (κ2) is 5.74. The summed E-state index contributed by atoms with van der Waals surface area (Å²) in [6.45, 7) is 1.96. The van der Waals surface area contributed by atoms with E-state index in [9.17, 15) is 9.59 Å². The number of benzene rings is 1. The molecule has 0 spiro atoms. The zero-order valence-corrected chi connectivity index (χ0v) is 9.53. The lowest BCUT2D eigenvalue weighted by Gasteiger charge is -2.12. The molecule has 0 saturated carbocycles. The van der Waals surface area contributed by atoms with Crippen molar-refractivity contribution in [2.75, 3.05) is 18.9 Å². The molecule has 0 radical (unpaired) electrons. The number of nitrogens with one attached hydrogen (secondary N) is 1. The Bertz CT molecular complexity index is 432. The summed E-state index contributed by atoms with van der Waals surface area (Å²) >= 11 is 0. The number of ether oxygens (including phenoxy) is 1. The van der Waals surface area contributed by atoms with E-state index in [2.05, 4.69) is 5.32 Å². The fraction of sp³-hybridized carbons (Fsp3) is 0.273. The summed E-state index contributed by atoms with van der Waals surface area (Å²) in [5.41, 5.74) is 11.3. The number of carbonyl (C=O) groups is 2. The number of rotatable bonds is 5. The number of para-hydroxylation sites is 1. The van der Waals surface area contributed by atoms with Crippen LogP contribution in [0.3, 0.4) is 0 Å². The highest BCUT2D eigenvalue weighted by molar-refractivity contribution is 6.00. The molecular formula is C11H15N3O3. The highest BCUT2D eigenvalue weighted by Crippen LogP contribution is 2.26. The van der Waals surface area contributed by atoms with Crippen molar-refractivity contribution >= 4 is 17.5 Å². The van der Waals surface area contributed by atoms with Gasteiger partial charge in [0.2, 0.25) is 5.91 Å². The highest BCUT2D eigenvalue weighted by Gasteiger charge is 2.14. The van der Waals surface area contributed by atoms with Crippen molar-refractivity contribution in [3.05, 3.63) is 23.8 Å². The van der Waals surface area contributed by atoms with E-state index in [4.69, 9.17) is 16.2 Å². The first-order valence-electron chi connectivity index (χ1n) is 5.14. The monoisotopic (exact) mass is 237 g/mol. The molecule has 92 valence electrons. The van der Waals surface area contributed by atoms with Gasteiger partial charge in [0.05, 0.1) is 24.4 Å². The Morgan fingerprint density at radius 2 is 2.12 bits per heavy atom. The van der Waals surface area contributed by atoms with E-state index in [1.54, 1.807) is 25.1 Å². The number of anilines is 1. The van der Waals surface area contributed by atoms with Crippen molar-refractivity contribution in [2.45, 2.75) is 6.92 Å². The molecular weight excluding hydrogens is 222 g/mol. The maximum absolute atomic E-state index is 11.7. The van der Waals surface area contributed by atoms with Crippen molar-refractivity contribution in [3.8, 4) is 5.75 Å². The summed E-state index contributed by atoms with van der Waals surface area (Å²) in [5, 5.41) is 2.38. The standard InChI is InChI=1S/C11H15N3O3/c1-2-17-10-7(4-3-5-8(10)12)11(16)14-6-9(13)15/h3-5H,2,6,12H2,1H3,(H2,13,15)(H,14,16). The molecule has 0 heterocycles. The minimum atomic E-state index is -0.611. The summed E-state index contributed by atoms with van der Waals surface area (Å²) in [5.74, 6) is -0.739. The van der Waals surface area contributed by atoms with Crippen LogP contribution in [-0.2, 0) is 4.79 Å². The van der Waals surface area contributed by atoms with Gasteiger partial charge in [-0.25, -0.2) is 0 Å². The van der Waals surface area contributed by atoms with Crippen molar-refractivity contribution in [3.63, 3.8) is 0 Å². The predicted molar refractivity (Wildman–Crippen MR) is 63.6 cm³/mol. The second-order valence-corrected chi connectivity index (χ2v) is 3.31. The van der Waals surface area contributed by atoms with Crippen LogP contribution in [0.2, 0.25) is 0 Å². The van der Waals surface area contributed by atoms with E-state index in [0.717, 1.165) is 0 Å². The smallest absolute Gasteiger partial charge is 0.255 e. The van der Waals surface area contributed by atoms with Gasteiger partial charge >= 0.3 is 0 Å². The van der Waals surface area contributed by atoms with Crippen LogP contribution in [0, 0.1) is 0 Å². The summed E-state index contributed by atoms with van der Waals surface area (Å²) in [6, 6.07) is 4.84. The number of hydrogen-bond donors (Lipinski definition) is 3. The molecule has 2 amide bonds. The summed E-state index contributed by atoms with van der Waals surface area (Å²) in [6.07, 6.45) is 0. The number of nitrogen functional groups attached to an aromatic ring is 1. The third-order valence-corrected chi connectivity index (χ3v) is 2.00. The second-order valence-electron chi connectivity index (χ2n) is 3.31. The zero-order chi connectivity index (χ0) is 12.8. The van der Waals surface area contributed by atoms with Gasteiger partial charge in [-0.3, -0.25) is 9.59 Å². The fourth-order valence-electron chi connectivity index (χ4n) is 1.30. The highest BCUT2D eigenvalue weighted by atomic mass is 16.5. The van der Waals surface area contributed by atoms with Gasteiger partial charge in [-0.15, -0.1) is 0 Å². The third-order valence-electron chi connectivity index (χ3n) is 2.00. The lowest BCUT2D eigenvalue weighted by Crippen LogP contribution is -2.33. The molecule has 1 aromatic carbocycles. The number of nitrogens with two attached hydrogens (primary N) is 2. The molecule has 17 heavy (non-hydrogen) atoms. The van der Waals surface area contributed by atoms with E-state index >= 15 is 0 Å². The molecule has 0 unspecified atom stereocenters. The number of primary amides is 1. The van der Waals surface area contributed by atoms with Crippen molar-refractivity contribution in [2.24, 2.45) is 5.73 Å². The normalized spacial score (nSPS) is 9.71. The van der Waals surface area contributed by atoms with E-state index in [0.29, 0.717) is 18.0 Å². The number of carbonyl (C=O) groups excluding carboxylic acids is 2. The largest absolute Gasteiger partial charge is 0.491 e. The van der Waals surface area contributed by atoms with Crippen LogP contribution in [0.15, 0.2) is 18.2 Å². The van der Waals surface area contributed by atoms with Crippen LogP contribution in [0.4, 0.5) is 5.69 Å². The molecule has 0 fully saturated rings. The van der Waals surface area contributed by atoms with Gasteiger partial charge in [0.1, 0.15) is 0 Å².